The molecule has 0 saturated heterocycles. The Labute approximate surface area is 130 Å². The van der Waals surface area contributed by atoms with E-state index in [9.17, 15) is 14.4 Å². The number of hydrogen-bond donors (Lipinski definition) is 2. The fourth-order valence-corrected chi connectivity index (χ4v) is 1.72. The second kappa shape index (κ2) is 8.41. The van der Waals surface area contributed by atoms with Crippen molar-refractivity contribution in [2.45, 2.75) is 58.1 Å². The maximum Gasteiger partial charge on any atom is 0.408 e. The largest absolute Gasteiger partial charge is 0.481 e. The maximum absolute atomic E-state index is 12.2. The molecule has 0 aromatic rings. The highest BCUT2D eigenvalue weighted by molar-refractivity contribution is 5.88. The zero-order valence-corrected chi connectivity index (χ0v) is 13.6. The lowest BCUT2D eigenvalue weighted by molar-refractivity contribution is -0.149. The third kappa shape index (κ3) is 7.10. The van der Waals surface area contributed by atoms with Crippen molar-refractivity contribution < 1.29 is 29.0 Å². The number of carboxylic acid groups (broad SMARTS) is 1. The van der Waals surface area contributed by atoms with Crippen LogP contribution < -0.4 is 5.32 Å². The van der Waals surface area contributed by atoms with Crippen LogP contribution in [0.5, 0.6) is 0 Å². The van der Waals surface area contributed by atoms with E-state index >= 15 is 0 Å². The lowest BCUT2D eigenvalue weighted by atomic mass is 9.92. The number of rotatable bonds is 8. The van der Waals surface area contributed by atoms with E-state index in [-0.39, 0.29) is 25.9 Å². The normalized spacial score (nSPS) is 13.6. The van der Waals surface area contributed by atoms with Crippen LogP contribution in [0.1, 0.15) is 47.0 Å². The minimum Gasteiger partial charge on any atom is -0.481 e. The SMILES string of the molecule is C=C[C@@](CCCC(=O)O)(NC(=O)OC(C)(C)C)C(=O)OCC. The van der Waals surface area contributed by atoms with E-state index in [4.69, 9.17) is 14.6 Å². The molecule has 7 nitrogen and oxygen atoms in total. The third-order valence-corrected chi connectivity index (χ3v) is 2.67. The highest BCUT2D eigenvalue weighted by Gasteiger charge is 2.39. The number of hydrogen-bond acceptors (Lipinski definition) is 5. The molecule has 7 heteroatoms. The molecule has 0 aliphatic rings. The molecule has 0 radical (unpaired) electrons. The second-order valence-corrected chi connectivity index (χ2v) is 5.77. The Balaban J connectivity index is 5.11. The summed E-state index contributed by atoms with van der Waals surface area (Å²) in [5.41, 5.74) is -2.24. The molecule has 1 atom stereocenters. The van der Waals surface area contributed by atoms with Gasteiger partial charge in [0, 0.05) is 6.42 Å². The molecule has 0 saturated carbocycles. The van der Waals surface area contributed by atoms with Crippen LogP contribution in [0.3, 0.4) is 0 Å². The topological polar surface area (TPSA) is 102 Å². The van der Waals surface area contributed by atoms with Crippen LogP contribution in [-0.4, -0.2) is 40.9 Å². The van der Waals surface area contributed by atoms with E-state index in [1.165, 1.54) is 6.08 Å². The molecule has 0 bridgehead atoms. The van der Waals surface area contributed by atoms with E-state index < -0.39 is 29.2 Å². The second-order valence-electron chi connectivity index (χ2n) is 5.77. The summed E-state index contributed by atoms with van der Waals surface area (Å²) in [6.07, 6.45) is 0.550. The lowest BCUT2D eigenvalue weighted by Gasteiger charge is -2.30. The predicted molar refractivity (Wildman–Crippen MR) is 80.4 cm³/mol. The molecule has 0 heterocycles. The molecule has 0 fully saturated rings. The Bertz CT molecular complexity index is 426. The fraction of sp³-hybridized carbons (Fsp3) is 0.667. The predicted octanol–water partition coefficient (Wildman–Crippen LogP) is 2.25. The van der Waals surface area contributed by atoms with Crippen LogP contribution in [0, 0.1) is 0 Å². The standard InChI is InChI=1S/C15H25NO6/c1-6-15(12(19)21-7-2,10-8-9-11(17)18)16-13(20)22-14(3,4)5/h6H,1,7-10H2,2-5H3,(H,16,20)(H,17,18)/t15-/m0/s1. The van der Waals surface area contributed by atoms with Gasteiger partial charge in [0.25, 0.3) is 0 Å². The molecule has 0 rings (SSSR count). The molecular formula is C15H25NO6. The van der Waals surface area contributed by atoms with Gasteiger partial charge in [-0.1, -0.05) is 6.08 Å². The van der Waals surface area contributed by atoms with Gasteiger partial charge in [-0.05, 0) is 40.5 Å². The van der Waals surface area contributed by atoms with Crippen LogP contribution in [0.4, 0.5) is 4.79 Å². The van der Waals surface area contributed by atoms with Crippen molar-refractivity contribution in [1.82, 2.24) is 5.32 Å². The van der Waals surface area contributed by atoms with Crippen LogP contribution in [-0.2, 0) is 19.1 Å². The van der Waals surface area contributed by atoms with Gasteiger partial charge in [-0.3, -0.25) is 4.79 Å². The molecule has 0 aliphatic heterocycles. The molecule has 0 aromatic heterocycles. The summed E-state index contributed by atoms with van der Waals surface area (Å²) < 4.78 is 10.1. The number of nitrogens with one attached hydrogen (secondary N) is 1. The Morgan fingerprint density at radius 2 is 1.86 bits per heavy atom. The zero-order chi connectivity index (χ0) is 17.4. The molecular weight excluding hydrogens is 290 g/mol. The van der Waals surface area contributed by atoms with Crippen LogP contribution >= 0.6 is 0 Å². The van der Waals surface area contributed by atoms with Gasteiger partial charge < -0.3 is 19.9 Å². The monoisotopic (exact) mass is 315 g/mol. The van der Waals surface area contributed by atoms with Gasteiger partial charge in [-0.2, -0.15) is 0 Å². The minimum absolute atomic E-state index is 0.0564. The molecule has 2 N–H and O–H groups in total. The van der Waals surface area contributed by atoms with E-state index in [0.29, 0.717) is 0 Å². The first-order valence-corrected chi connectivity index (χ1v) is 7.10. The van der Waals surface area contributed by atoms with E-state index in [2.05, 4.69) is 11.9 Å². The van der Waals surface area contributed by atoms with Gasteiger partial charge in [0.1, 0.15) is 5.60 Å². The minimum atomic E-state index is -1.51. The van der Waals surface area contributed by atoms with Gasteiger partial charge in [0.05, 0.1) is 6.61 Å². The Morgan fingerprint density at radius 1 is 1.27 bits per heavy atom. The Kier molecular flexibility index (Phi) is 7.62. The number of amides is 1. The van der Waals surface area contributed by atoms with Gasteiger partial charge in [-0.25, -0.2) is 9.59 Å². The van der Waals surface area contributed by atoms with E-state index in [1.807, 2.05) is 0 Å². The number of esters is 1. The van der Waals surface area contributed by atoms with Gasteiger partial charge in [0.2, 0.25) is 0 Å². The first kappa shape index (κ1) is 19.9. The number of carbonyl (C=O) groups excluding carboxylic acids is 2. The fourth-order valence-electron chi connectivity index (χ4n) is 1.72. The quantitative estimate of drug-likeness (QED) is 0.526. The Hall–Kier alpha value is -2.05. The number of carboxylic acids is 1. The molecule has 0 aliphatic carbocycles. The van der Waals surface area contributed by atoms with Gasteiger partial charge in [-0.15, -0.1) is 6.58 Å². The Morgan fingerprint density at radius 3 is 2.27 bits per heavy atom. The van der Waals surface area contributed by atoms with Crippen molar-refractivity contribution in [3.8, 4) is 0 Å². The first-order chi connectivity index (χ1) is 10.1. The van der Waals surface area contributed by atoms with Crippen molar-refractivity contribution in [2.75, 3.05) is 6.61 Å². The zero-order valence-electron chi connectivity index (χ0n) is 13.6. The van der Waals surface area contributed by atoms with Crippen molar-refractivity contribution in [1.29, 1.82) is 0 Å². The first-order valence-electron chi connectivity index (χ1n) is 7.10. The summed E-state index contributed by atoms with van der Waals surface area (Å²) >= 11 is 0. The summed E-state index contributed by atoms with van der Waals surface area (Å²) in [5, 5.41) is 11.2. The molecule has 0 aromatic carbocycles. The van der Waals surface area contributed by atoms with Gasteiger partial charge in [0.15, 0.2) is 5.54 Å². The molecule has 0 unspecified atom stereocenters. The molecule has 126 valence electrons. The van der Waals surface area contributed by atoms with Crippen molar-refractivity contribution in [2.24, 2.45) is 0 Å². The summed E-state index contributed by atoms with van der Waals surface area (Å²) in [6.45, 7) is 10.4. The number of carbonyl (C=O) groups is 3. The summed E-state index contributed by atoms with van der Waals surface area (Å²) in [6, 6.07) is 0. The van der Waals surface area contributed by atoms with Gasteiger partial charge >= 0.3 is 18.0 Å². The number of aliphatic carboxylic acids is 1. The smallest absolute Gasteiger partial charge is 0.408 e. The average Bonchev–Trinajstić information content (AvgIpc) is 2.35. The van der Waals surface area contributed by atoms with Crippen molar-refractivity contribution >= 4 is 18.0 Å². The third-order valence-electron chi connectivity index (χ3n) is 2.67. The van der Waals surface area contributed by atoms with E-state index in [0.717, 1.165) is 0 Å². The van der Waals surface area contributed by atoms with Crippen LogP contribution in [0.15, 0.2) is 12.7 Å². The van der Waals surface area contributed by atoms with Crippen LogP contribution in [0.2, 0.25) is 0 Å². The highest BCUT2D eigenvalue weighted by atomic mass is 16.6. The summed E-state index contributed by atoms with van der Waals surface area (Å²) in [5.74, 6) is -1.68. The lowest BCUT2D eigenvalue weighted by Crippen LogP contribution is -2.55. The number of alkyl carbamates (subject to hydrolysis) is 1. The van der Waals surface area contributed by atoms with E-state index in [1.54, 1.807) is 27.7 Å². The van der Waals surface area contributed by atoms with Crippen molar-refractivity contribution in [3.63, 3.8) is 0 Å². The molecule has 1 amide bonds. The maximum atomic E-state index is 12.2. The average molecular weight is 315 g/mol. The van der Waals surface area contributed by atoms with Crippen molar-refractivity contribution in [3.05, 3.63) is 12.7 Å². The summed E-state index contributed by atoms with van der Waals surface area (Å²) in [7, 11) is 0. The molecule has 0 spiro atoms. The summed E-state index contributed by atoms with van der Waals surface area (Å²) in [4.78, 5) is 34.7. The highest BCUT2D eigenvalue weighted by Crippen LogP contribution is 2.20. The number of ether oxygens (including phenoxy) is 2. The molecule has 22 heavy (non-hydrogen) atoms. The van der Waals surface area contributed by atoms with Crippen LogP contribution in [0.25, 0.3) is 0 Å².